The summed E-state index contributed by atoms with van der Waals surface area (Å²) in [6.45, 7) is 0. The number of hydrogen-bond acceptors (Lipinski definition) is 2. The summed E-state index contributed by atoms with van der Waals surface area (Å²) in [4.78, 5) is 12.5. The maximum Gasteiger partial charge on any atom is 0.174 e. The fourth-order valence-electron chi connectivity index (χ4n) is 1.51. The lowest BCUT2D eigenvalue weighted by Gasteiger charge is -2.00. The van der Waals surface area contributed by atoms with Gasteiger partial charge in [0.05, 0.1) is 9.90 Å². The molecule has 0 saturated carbocycles. The average Bonchev–Trinajstić information content (AvgIpc) is 2.74. The van der Waals surface area contributed by atoms with Crippen molar-refractivity contribution in [3.8, 4) is 0 Å². The van der Waals surface area contributed by atoms with Crippen LogP contribution in [-0.2, 0) is 6.42 Å². The third kappa shape index (κ3) is 2.71. The number of rotatable bonds is 4. The number of hydrogen-bond donors (Lipinski definition) is 0. The molecular formula is C13H11ClOS. The third-order valence-corrected chi connectivity index (χ3v) is 3.74. The summed E-state index contributed by atoms with van der Waals surface area (Å²) in [6.07, 6.45) is 1.29. The molecule has 0 bridgehead atoms. The minimum absolute atomic E-state index is 0.129. The topological polar surface area (TPSA) is 17.1 Å². The molecule has 0 saturated heterocycles. The smallest absolute Gasteiger partial charge is 0.174 e. The van der Waals surface area contributed by atoms with Crippen molar-refractivity contribution < 1.29 is 4.79 Å². The van der Waals surface area contributed by atoms with Gasteiger partial charge in [0, 0.05) is 6.42 Å². The molecule has 1 heterocycles. The van der Waals surface area contributed by atoms with Crippen LogP contribution in [0.3, 0.4) is 0 Å². The fraction of sp³-hybridized carbons (Fsp3) is 0.154. The molecule has 0 amide bonds. The van der Waals surface area contributed by atoms with Crippen LogP contribution in [0.25, 0.3) is 0 Å². The Labute approximate surface area is 104 Å². The third-order valence-electron chi connectivity index (χ3n) is 2.35. The number of carbonyl (C=O) groups is 1. The van der Waals surface area contributed by atoms with Gasteiger partial charge in [0.1, 0.15) is 0 Å². The molecule has 3 heteroatoms. The highest BCUT2D eigenvalue weighted by atomic mass is 35.5. The van der Waals surface area contributed by atoms with Crippen LogP contribution in [-0.4, -0.2) is 5.78 Å². The van der Waals surface area contributed by atoms with E-state index >= 15 is 0 Å². The highest BCUT2D eigenvalue weighted by Gasteiger charge is 2.11. The summed E-state index contributed by atoms with van der Waals surface area (Å²) >= 11 is 7.32. The SMILES string of the molecule is O=C(CCc1ccccc1)c1sccc1Cl. The summed E-state index contributed by atoms with van der Waals surface area (Å²) in [6, 6.07) is 11.8. The van der Waals surface area contributed by atoms with Crippen LogP contribution in [0.4, 0.5) is 0 Å². The maximum absolute atomic E-state index is 11.8. The van der Waals surface area contributed by atoms with Crippen LogP contribution in [0.15, 0.2) is 41.8 Å². The van der Waals surface area contributed by atoms with Crippen molar-refractivity contribution in [2.24, 2.45) is 0 Å². The molecule has 1 nitrogen and oxygen atoms in total. The summed E-state index contributed by atoms with van der Waals surface area (Å²) in [5, 5.41) is 2.42. The normalized spacial score (nSPS) is 10.3. The Kier molecular flexibility index (Phi) is 3.75. The van der Waals surface area contributed by atoms with Crippen molar-refractivity contribution in [1.29, 1.82) is 0 Å². The van der Waals surface area contributed by atoms with Crippen molar-refractivity contribution in [3.05, 3.63) is 57.2 Å². The summed E-state index contributed by atoms with van der Waals surface area (Å²) in [7, 11) is 0. The van der Waals surface area contributed by atoms with Gasteiger partial charge in [-0.05, 0) is 23.4 Å². The lowest BCUT2D eigenvalue weighted by Crippen LogP contribution is -1.99. The Balaban J connectivity index is 1.97. The molecule has 0 aliphatic heterocycles. The quantitative estimate of drug-likeness (QED) is 0.743. The molecule has 0 aliphatic rings. The van der Waals surface area contributed by atoms with Crippen LogP contribution >= 0.6 is 22.9 Å². The molecule has 0 aliphatic carbocycles. The van der Waals surface area contributed by atoms with E-state index in [1.807, 2.05) is 35.7 Å². The van der Waals surface area contributed by atoms with Gasteiger partial charge in [0.25, 0.3) is 0 Å². The summed E-state index contributed by atoms with van der Waals surface area (Å²) < 4.78 is 0. The van der Waals surface area contributed by atoms with Gasteiger partial charge in [-0.2, -0.15) is 0 Å². The first kappa shape index (κ1) is 11.4. The number of Topliss-reactive ketones (excluding diaryl/α,β-unsaturated/α-hetero) is 1. The second-order valence-corrected chi connectivity index (χ2v) is 4.83. The zero-order chi connectivity index (χ0) is 11.4. The molecule has 16 heavy (non-hydrogen) atoms. The Morgan fingerprint density at radius 1 is 1.19 bits per heavy atom. The van der Waals surface area contributed by atoms with E-state index < -0.39 is 0 Å². The lowest BCUT2D eigenvalue weighted by molar-refractivity contribution is 0.0987. The van der Waals surface area contributed by atoms with Crippen LogP contribution in [0, 0.1) is 0 Å². The van der Waals surface area contributed by atoms with Gasteiger partial charge >= 0.3 is 0 Å². The molecule has 1 aromatic carbocycles. The second-order valence-electron chi connectivity index (χ2n) is 3.51. The first-order valence-corrected chi connectivity index (χ1v) is 6.33. The molecular weight excluding hydrogens is 240 g/mol. The number of aryl methyl sites for hydroxylation is 1. The van der Waals surface area contributed by atoms with Gasteiger partial charge in [-0.15, -0.1) is 11.3 Å². The van der Waals surface area contributed by atoms with Gasteiger partial charge in [-0.1, -0.05) is 41.9 Å². The highest BCUT2D eigenvalue weighted by Crippen LogP contribution is 2.23. The molecule has 0 unspecified atom stereocenters. The molecule has 2 rings (SSSR count). The Bertz CT molecular complexity index is 476. The number of thiophene rings is 1. The van der Waals surface area contributed by atoms with E-state index in [0.717, 1.165) is 6.42 Å². The number of halogens is 1. The van der Waals surface area contributed by atoms with E-state index in [2.05, 4.69) is 0 Å². The summed E-state index contributed by atoms with van der Waals surface area (Å²) in [5.41, 5.74) is 1.18. The van der Waals surface area contributed by atoms with Crippen molar-refractivity contribution in [1.82, 2.24) is 0 Å². The lowest BCUT2D eigenvalue weighted by atomic mass is 10.1. The standard InChI is InChI=1S/C13H11ClOS/c14-11-8-9-16-13(11)12(15)7-6-10-4-2-1-3-5-10/h1-5,8-9H,6-7H2. The molecule has 0 atom stereocenters. The van der Waals surface area contributed by atoms with Crippen molar-refractivity contribution in [2.45, 2.75) is 12.8 Å². The first-order chi connectivity index (χ1) is 7.77. The molecule has 0 spiro atoms. The van der Waals surface area contributed by atoms with Crippen molar-refractivity contribution in [2.75, 3.05) is 0 Å². The van der Waals surface area contributed by atoms with Crippen LogP contribution in [0.2, 0.25) is 5.02 Å². The maximum atomic E-state index is 11.8. The van der Waals surface area contributed by atoms with Gasteiger partial charge < -0.3 is 0 Å². The number of ketones is 1. The highest BCUT2D eigenvalue weighted by molar-refractivity contribution is 7.12. The van der Waals surface area contributed by atoms with E-state index in [9.17, 15) is 4.79 Å². The largest absolute Gasteiger partial charge is 0.293 e. The predicted octanol–water partition coefficient (Wildman–Crippen LogP) is 4.22. The predicted molar refractivity (Wildman–Crippen MR) is 68.4 cm³/mol. The second kappa shape index (κ2) is 5.28. The van der Waals surface area contributed by atoms with Crippen LogP contribution in [0.5, 0.6) is 0 Å². The minimum atomic E-state index is 0.129. The number of carbonyl (C=O) groups excluding carboxylic acids is 1. The Morgan fingerprint density at radius 2 is 1.94 bits per heavy atom. The minimum Gasteiger partial charge on any atom is -0.293 e. The van der Waals surface area contributed by atoms with Crippen LogP contribution in [0.1, 0.15) is 21.7 Å². The fourth-order valence-corrected chi connectivity index (χ4v) is 2.64. The van der Waals surface area contributed by atoms with Crippen LogP contribution < -0.4 is 0 Å². The van der Waals surface area contributed by atoms with Crippen molar-refractivity contribution in [3.63, 3.8) is 0 Å². The van der Waals surface area contributed by atoms with E-state index in [1.54, 1.807) is 6.07 Å². The van der Waals surface area contributed by atoms with E-state index in [1.165, 1.54) is 16.9 Å². The summed E-state index contributed by atoms with van der Waals surface area (Å²) in [5.74, 6) is 0.129. The molecule has 0 fully saturated rings. The molecule has 2 aromatic rings. The monoisotopic (exact) mass is 250 g/mol. The molecule has 1 aromatic heterocycles. The van der Waals surface area contributed by atoms with Gasteiger partial charge in [0.15, 0.2) is 5.78 Å². The average molecular weight is 251 g/mol. The molecule has 82 valence electrons. The Morgan fingerprint density at radius 3 is 2.56 bits per heavy atom. The van der Waals surface area contributed by atoms with E-state index in [4.69, 9.17) is 11.6 Å². The zero-order valence-electron chi connectivity index (χ0n) is 8.65. The number of benzene rings is 1. The molecule has 0 radical (unpaired) electrons. The first-order valence-electron chi connectivity index (χ1n) is 5.07. The Hall–Kier alpha value is -1.12. The zero-order valence-corrected chi connectivity index (χ0v) is 10.2. The van der Waals surface area contributed by atoms with Crippen molar-refractivity contribution >= 4 is 28.7 Å². The van der Waals surface area contributed by atoms with Gasteiger partial charge in [0.2, 0.25) is 0 Å². The van der Waals surface area contributed by atoms with Gasteiger partial charge in [-0.25, -0.2) is 0 Å². The van der Waals surface area contributed by atoms with E-state index in [-0.39, 0.29) is 5.78 Å². The van der Waals surface area contributed by atoms with Gasteiger partial charge in [-0.3, -0.25) is 4.79 Å². The van der Waals surface area contributed by atoms with E-state index in [0.29, 0.717) is 16.3 Å². The molecule has 0 N–H and O–H groups in total.